The van der Waals surface area contributed by atoms with E-state index in [1.54, 1.807) is 18.2 Å². The maximum atomic E-state index is 13.0. The Bertz CT molecular complexity index is 1120. The summed E-state index contributed by atoms with van der Waals surface area (Å²) < 4.78 is 32.6. The Morgan fingerprint density at radius 2 is 1.82 bits per heavy atom. The molecule has 176 valence electrons. The van der Waals surface area contributed by atoms with Crippen LogP contribution in [-0.2, 0) is 26.0 Å². The molecule has 1 atom stereocenters. The molecule has 0 radical (unpaired) electrons. The number of benzene rings is 2. The lowest BCUT2D eigenvalue weighted by Gasteiger charge is -2.26. The number of carbonyl (C=O) groups is 1. The van der Waals surface area contributed by atoms with E-state index >= 15 is 0 Å². The lowest BCUT2D eigenvalue weighted by Crippen LogP contribution is -2.37. The Morgan fingerprint density at radius 1 is 1.12 bits per heavy atom. The van der Waals surface area contributed by atoms with Gasteiger partial charge >= 0.3 is 0 Å². The van der Waals surface area contributed by atoms with Crippen LogP contribution in [0.4, 0.5) is 5.69 Å². The average Bonchev–Trinajstić information content (AvgIpc) is 3.07. The van der Waals surface area contributed by atoms with E-state index in [0.717, 1.165) is 39.3 Å². The lowest BCUT2D eigenvalue weighted by molar-refractivity contribution is -0.118. The van der Waals surface area contributed by atoms with Crippen molar-refractivity contribution in [2.24, 2.45) is 10.9 Å². The summed E-state index contributed by atoms with van der Waals surface area (Å²) in [6, 6.07) is 13.7. The number of amides is 1. The number of carbonyl (C=O) groups excluding carboxylic acids is 1. The molecule has 8 nitrogen and oxygen atoms in total. The zero-order chi connectivity index (χ0) is 23.4. The predicted octanol–water partition coefficient (Wildman–Crippen LogP) is 2.26. The number of aliphatic imine (C=N–C) groups is 1. The third-order valence-electron chi connectivity index (χ3n) is 5.87. The number of amidine groups is 1. The average molecular weight is 471 g/mol. The quantitative estimate of drug-likeness (QED) is 0.647. The fraction of sp³-hybridized carbons (Fsp3) is 0.417. The topological polar surface area (TPSA) is 100 Å². The first kappa shape index (κ1) is 23.4. The van der Waals surface area contributed by atoms with Crippen molar-refractivity contribution in [3.05, 3.63) is 59.7 Å². The van der Waals surface area contributed by atoms with E-state index in [1.807, 2.05) is 38.1 Å². The molecule has 0 unspecified atom stereocenters. The van der Waals surface area contributed by atoms with E-state index in [0.29, 0.717) is 11.3 Å². The fourth-order valence-electron chi connectivity index (χ4n) is 3.96. The number of hydrogen-bond acceptors (Lipinski definition) is 6. The fourth-order valence-corrected chi connectivity index (χ4v) is 5.20. The monoisotopic (exact) mass is 470 g/mol. The lowest BCUT2D eigenvalue weighted by atomic mass is 10.0. The van der Waals surface area contributed by atoms with Gasteiger partial charge in [0, 0.05) is 30.9 Å². The van der Waals surface area contributed by atoms with Gasteiger partial charge in [0.1, 0.15) is 11.9 Å². The van der Waals surface area contributed by atoms with Gasteiger partial charge in [-0.15, -0.1) is 0 Å². The van der Waals surface area contributed by atoms with E-state index in [9.17, 15) is 13.2 Å². The zero-order valence-corrected chi connectivity index (χ0v) is 19.8. The van der Waals surface area contributed by atoms with Gasteiger partial charge in [0.15, 0.2) is 0 Å². The van der Waals surface area contributed by atoms with Gasteiger partial charge in [0.05, 0.1) is 18.1 Å². The zero-order valence-electron chi connectivity index (χ0n) is 19.0. The number of morpholine rings is 1. The van der Waals surface area contributed by atoms with Crippen LogP contribution in [-0.4, -0.2) is 64.0 Å². The van der Waals surface area contributed by atoms with Gasteiger partial charge in [-0.1, -0.05) is 38.1 Å². The first-order valence-electron chi connectivity index (χ1n) is 11.2. The maximum Gasteiger partial charge on any atom is 0.263 e. The highest BCUT2D eigenvalue weighted by Gasteiger charge is 2.32. The van der Waals surface area contributed by atoms with Crippen LogP contribution in [0.5, 0.6) is 0 Å². The molecule has 0 aromatic heterocycles. The van der Waals surface area contributed by atoms with Gasteiger partial charge in [0.25, 0.3) is 10.0 Å². The van der Waals surface area contributed by atoms with Crippen molar-refractivity contribution in [3.8, 4) is 0 Å². The largest absolute Gasteiger partial charge is 0.379 e. The molecule has 1 amide bonds. The molecule has 1 fully saturated rings. The molecule has 0 saturated carbocycles. The summed E-state index contributed by atoms with van der Waals surface area (Å²) in [4.78, 5) is 20.1. The van der Waals surface area contributed by atoms with Crippen LogP contribution in [0.15, 0.2) is 58.4 Å². The molecule has 2 N–H and O–H groups in total. The normalized spacial score (nSPS) is 19.8. The summed E-state index contributed by atoms with van der Waals surface area (Å²) in [5.41, 5.74) is 2.38. The second-order valence-corrected chi connectivity index (χ2v) is 10.3. The molecule has 2 aliphatic heterocycles. The number of rotatable bonds is 7. The minimum Gasteiger partial charge on any atom is -0.379 e. The SMILES string of the molecule is CC(C)[C@H](N=C1NS(=O)(=O)c2ccccc21)C(=O)Nc1ccc(CCN2CCOCC2)cc1. The van der Waals surface area contributed by atoms with Gasteiger partial charge in [-0.3, -0.25) is 19.4 Å². The van der Waals surface area contributed by atoms with E-state index in [-0.39, 0.29) is 22.6 Å². The number of ether oxygens (including phenoxy) is 1. The number of fused-ring (bicyclic) bond motifs is 1. The van der Waals surface area contributed by atoms with Crippen molar-refractivity contribution in [3.63, 3.8) is 0 Å². The smallest absolute Gasteiger partial charge is 0.263 e. The molecule has 33 heavy (non-hydrogen) atoms. The standard InChI is InChI=1S/C24H30N4O4S/c1-17(2)22(26-23-20-5-3-4-6-21(20)33(30,31)27-23)24(29)25-19-9-7-18(8-10-19)11-12-28-13-15-32-16-14-28/h3-10,17,22H,11-16H2,1-2H3,(H,25,29)(H,26,27)/t22-/m0/s1. The molecule has 4 rings (SSSR count). The molecule has 2 heterocycles. The molecule has 9 heteroatoms. The summed E-state index contributed by atoms with van der Waals surface area (Å²) in [5.74, 6) is -0.192. The van der Waals surface area contributed by atoms with Crippen LogP contribution in [0.3, 0.4) is 0 Å². The Hall–Kier alpha value is -2.75. The highest BCUT2D eigenvalue weighted by atomic mass is 32.2. The highest BCUT2D eigenvalue weighted by molar-refractivity contribution is 7.90. The molecule has 0 aliphatic carbocycles. The maximum absolute atomic E-state index is 13.0. The number of anilines is 1. The van der Waals surface area contributed by atoms with Crippen LogP contribution in [0.1, 0.15) is 25.0 Å². The van der Waals surface area contributed by atoms with Crippen LogP contribution in [0.2, 0.25) is 0 Å². The molecular weight excluding hydrogens is 440 g/mol. The highest BCUT2D eigenvalue weighted by Crippen LogP contribution is 2.24. The molecule has 1 saturated heterocycles. The second-order valence-electron chi connectivity index (χ2n) is 8.66. The van der Waals surface area contributed by atoms with Crippen LogP contribution < -0.4 is 10.0 Å². The number of hydrogen-bond donors (Lipinski definition) is 2. The van der Waals surface area contributed by atoms with E-state index in [2.05, 4.69) is 19.9 Å². The van der Waals surface area contributed by atoms with Crippen molar-refractivity contribution >= 4 is 27.5 Å². The summed E-state index contributed by atoms with van der Waals surface area (Å²) in [7, 11) is -3.65. The van der Waals surface area contributed by atoms with Crippen molar-refractivity contribution in [2.45, 2.75) is 31.2 Å². The summed E-state index contributed by atoms with van der Waals surface area (Å²) in [5, 5.41) is 2.92. The Balaban J connectivity index is 1.42. The molecule has 2 aliphatic rings. The summed E-state index contributed by atoms with van der Waals surface area (Å²) in [6.45, 7) is 8.27. The van der Waals surface area contributed by atoms with E-state index in [1.165, 1.54) is 11.6 Å². The van der Waals surface area contributed by atoms with Gasteiger partial charge in [0.2, 0.25) is 5.91 Å². The molecular formula is C24H30N4O4S. The van der Waals surface area contributed by atoms with E-state index < -0.39 is 16.1 Å². The van der Waals surface area contributed by atoms with Gasteiger partial charge in [-0.2, -0.15) is 0 Å². The minimum absolute atomic E-state index is 0.123. The Kier molecular flexibility index (Phi) is 7.11. The number of nitrogens with one attached hydrogen (secondary N) is 2. The Labute approximate surface area is 195 Å². The van der Waals surface area contributed by atoms with Crippen molar-refractivity contribution < 1.29 is 17.9 Å². The molecule has 2 aromatic rings. The van der Waals surface area contributed by atoms with E-state index in [4.69, 9.17) is 4.74 Å². The van der Waals surface area contributed by atoms with Gasteiger partial charge < -0.3 is 10.1 Å². The first-order chi connectivity index (χ1) is 15.8. The number of nitrogens with zero attached hydrogens (tertiary/aromatic N) is 2. The molecule has 0 bridgehead atoms. The summed E-state index contributed by atoms with van der Waals surface area (Å²) in [6.07, 6.45) is 0.941. The molecule has 2 aromatic carbocycles. The van der Waals surface area contributed by atoms with Crippen LogP contribution in [0, 0.1) is 5.92 Å². The predicted molar refractivity (Wildman–Crippen MR) is 128 cm³/mol. The third-order valence-corrected chi connectivity index (χ3v) is 7.27. The molecule has 0 spiro atoms. The van der Waals surface area contributed by atoms with Crippen molar-refractivity contribution in [2.75, 3.05) is 38.2 Å². The van der Waals surface area contributed by atoms with Crippen LogP contribution >= 0.6 is 0 Å². The van der Waals surface area contributed by atoms with Crippen molar-refractivity contribution in [1.29, 1.82) is 0 Å². The van der Waals surface area contributed by atoms with Gasteiger partial charge in [-0.25, -0.2) is 8.42 Å². The van der Waals surface area contributed by atoms with Crippen molar-refractivity contribution in [1.82, 2.24) is 9.62 Å². The third kappa shape index (κ3) is 5.61. The van der Waals surface area contributed by atoms with Gasteiger partial charge in [-0.05, 0) is 42.2 Å². The van der Waals surface area contributed by atoms with Crippen LogP contribution in [0.25, 0.3) is 0 Å². The number of sulfonamides is 1. The summed E-state index contributed by atoms with van der Waals surface area (Å²) >= 11 is 0. The minimum atomic E-state index is -3.65. The second kappa shape index (κ2) is 10.0. The Morgan fingerprint density at radius 3 is 2.52 bits per heavy atom. The first-order valence-corrected chi connectivity index (χ1v) is 12.7.